The zero-order chi connectivity index (χ0) is 14.7. The third kappa shape index (κ3) is 3.33. The van der Waals surface area contributed by atoms with Gasteiger partial charge in [0.25, 0.3) is 0 Å². The first kappa shape index (κ1) is 14.5. The van der Waals surface area contributed by atoms with Crippen molar-refractivity contribution in [2.45, 2.75) is 20.0 Å². The molecule has 0 spiro atoms. The molecule has 0 bridgehead atoms. The van der Waals surface area contributed by atoms with E-state index < -0.39 is 17.7 Å². The van der Waals surface area contributed by atoms with Crippen molar-refractivity contribution in [3.8, 4) is 0 Å². The molecule has 106 valence electrons. The average molecular weight is 277 g/mol. The maximum Gasteiger partial charge on any atom is 0.131 e. The van der Waals surface area contributed by atoms with E-state index in [0.29, 0.717) is 0 Å². The molecule has 2 N–H and O–H groups in total. The summed E-state index contributed by atoms with van der Waals surface area (Å²) in [7, 11) is 0. The molecule has 0 saturated heterocycles. The van der Waals surface area contributed by atoms with Crippen LogP contribution in [0.4, 0.5) is 14.5 Å². The largest absolute Gasteiger partial charge is 0.386 e. The first-order chi connectivity index (χ1) is 9.47. The Morgan fingerprint density at radius 3 is 2.55 bits per heavy atom. The van der Waals surface area contributed by atoms with E-state index >= 15 is 0 Å². The second-order valence-electron chi connectivity index (χ2n) is 4.88. The van der Waals surface area contributed by atoms with Gasteiger partial charge in [-0.3, -0.25) is 0 Å². The Kier molecular flexibility index (Phi) is 4.35. The van der Waals surface area contributed by atoms with Crippen LogP contribution in [0.3, 0.4) is 0 Å². The number of benzene rings is 2. The predicted molar refractivity (Wildman–Crippen MR) is 75.7 cm³/mol. The highest BCUT2D eigenvalue weighted by Gasteiger charge is 2.13. The van der Waals surface area contributed by atoms with Gasteiger partial charge in [0.05, 0.1) is 6.10 Å². The van der Waals surface area contributed by atoms with Gasteiger partial charge in [-0.1, -0.05) is 18.2 Å². The summed E-state index contributed by atoms with van der Waals surface area (Å²) in [6.07, 6.45) is -1.03. The normalized spacial score (nSPS) is 12.2. The Labute approximate surface area is 117 Å². The Bertz CT molecular complexity index is 613. The van der Waals surface area contributed by atoms with Gasteiger partial charge in [0.15, 0.2) is 0 Å². The summed E-state index contributed by atoms with van der Waals surface area (Å²) >= 11 is 0. The molecular formula is C16H17F2NO. The number of aliphatic hydroxyl groups is 1. The van der Waals surface area contributed by atoms with Crippen molar-refractivity contribution in [2.24, 2.45) is 0 Å². The van der Waals surface area contributed by atoms with Gasteiger partial charge in [0.2, 0.25) is 0 Å². The lowest BCUT2D eigenvalue weighted by Crippen LogP contribution is -2.14. The van der Waals surface area contributed by atoms with E-state index in [0.717, 1.165) is 28.9 Å². The standard InChI is InChI=1S/C16H17F2NO/c1-10-3-4-11(2)15(7-10)19-9-16(20)13-6-5-12(17)8-14(13)18/h3-8,16,19-20H,9H2,1-2H3. The molecule has 0 aliphatic heterocycles. The summed E-state index contributed by atoms with van der Waals surface area (Å²) in [6, 6.07) is 9.11. The summed E-state index contributed by atoms with van der Waals surface area (Å²) in [4.78, 5) is 0. The summed E-state index contributed by atoms with van der Waals surface area (Å²) in [5.74, 6) is -1.39. The van der Waals surface area contributed by atoms with Crippen LogP contribution >= 0.6 is 0 Å². The monoisotopic (exact) mass is 277 g/mol. The number of aryl methyl sites for hydroxylation is 2. The van der Waals surface area contributed by atoms with Gasteiger partial charge in [-0.2, -0.15) is 0 Å². The lowest BCUT2D eigenvalue weighted by molar-refractivity contribution is 0.186. The maximum atomic E-state index is 13.5. The van der Waals surface area contributed by atoms with Gasteiger partial charge >= 0.3 is 0 Å². The molecule has 1 unspecified atom stereocenters. The second-order valence-corrected chi connectivity index (χ2v) is 4.88. The molecular weight excluding hydrogens is 260 g/mol. The fraction of sp³-hybridized carbons (Fsp3) is 0.250. The van der Waals surface area contributed by atoms with Crippen LogP contribution < -0.4 is 5.32 Å². The topological polar surface area (TPSA) is 32.3 Å². The molecule has 0 aliphatic carbocycles. The van der Waals surface area contributed by atoms with E-state index in [1.807, 2.05) is 32.0 Å². The van der Waals surface area contributed by atoms with Gasteiger partial charge in [-0.15, -0.1) is 0 Å². The van der Waals surface area contributed by atoms with Crippen LogP contribution in [0.1, 0.15) is 22.8 Å². The van der Waals surface area contributed by atoms with E-state index in [9.17, 15) is 13.9 Å². The highest BCUT2D eigenvalue weighted by molar-refractivity contribution is 5.52. The Hall–Kier alpha value is -1.94. The van der Waals surface area contributed by atoms with Crippen LogP contribution in [0.25, 0.3) is 0 Å². The van der Waals surface area contributed by atoms with Crippen LogP contribution in [0.5, 0.6) is 0 Å². The SMILES string of the molecule is Cc1ccc(C)c(NCC(O)c2ccc(F)cc2F)c1. The van der Waals surface area contributed by atoms with E-state index in [4.69, 9.17) is 0 Å². The van der Waals surface area contributed by atoms with Crippen LogP contribution in [0.15, 0.2) is 36.4 Å². The maximum absolute atomic E-state index is 13.5. The second kappa shape index (κ2) is 6.01. The number of hydrogen-bond donors (Lipinski definition) is 2. The average Bonchev–Trinajstić information content (AvgIpc) is 2.39. The number of halogens is 2. The van der Waals surface area contributed by atoms with Crippen molar-refractivity contribution in [1.82, 2.24) is 0 Å². The lowest BCUT2D eigenvalue weighted by atomic mass is 10.1. The van der Waals surface area contributed by atoms with E-state index in [1.54, 1.807) is 0 Å². The van der Waals surface area contributed by atoms with Gasteiger partial charge < -0.3 is 10.4 Å². The molecule has 0 aliphatic rings. The number of hydrogen-bond acceptors (Lipinski definition) is 2. The molecule has 2 rings (SSSR count). The molecule has 20 heavy (non-hydrogen) atoms. The number of nitrogens with one attached hydrogen (secondary N) is 1. The molecule has 2 aromatic rings. The van der Waals surface area contributed by atoms with E-state index in [2.05, 4.69) is 5.32 Å². The minimum Gasteiger partial charge on any atom is -0.386 e. The van der Waals surface area contributed by atoms with Crippen LogP contribution in [0, 0.1) is 25.5 Å². The van der Waals surface area contributed by atoms with Crippen molar-refractivity contribution in [3.05, 3.63) is 64.7 Å². The van der Waals surface area contributed by atoms with E-state index in [1.165, 1.54) is 6.07 Å². The third-order valence-corrected chi connectivity index (χ3v) is 3.20. The van der Waals surface area contributed by atoms with Crippen LogP contribution in [-0.2, 0) is 0 Å². The van der Waals surface area contributed by atoms with Crippen LogP contribution in [0.2, 0.25) is 0 Å². The van der Waals surface area contributed by atoms with Crippen molar-refractivity contribution in [2.75, 3.05) is 11.9 Å². The van der Waals surface area contributed by atoms with Crippen molar-refractivity contribution >= 4 is 5.69 Å². The summed E-state index contributed by atoms with van der Waals surface area (Å²) < 4.78 is 26.4. The fourth-order valence-corrected chi connectivity index (χ4v) is 2.01. The smallest absolute Gasteiger partial charge is 0.131 e. The first-order valence-electron chi connectivity index (χ1n) is 6.41. The molecule has 0 heterocycles. The molecule has 0 fully saturated rings. The Balaban J connectivity index is 2.08. The fourth-order valence-electron chi connectivity index (χ4n) is 2.01. The Morgan fingerprint density at radius 1 is 1.10 bits per heavy atom. The van der Waals surface area contributed by atoms with Crippen LogP contribution in [-0.4, -0.2) is 11.7 Å². The summed E-state index contributed by atoms with van der Waals surface area (Å²) in [5.41, 5.74) is 3.12. The minimum absolute atomic E-state index is 0.0872. The molecule has 0 aromatic heterocycles. The summed E-state index contributed by atoms with van der Waals surface area (Å²) in [5, 5.41) is 13.1. The van der Waals surface area contributed by atoms with E-state index in [-0.39, 0.29) is 12.1 Å². The van der Waals surface area contributed by atoms with Gasteiger partial charge in [0, 0.05) is 23.9 Å². The highest BCUT2D eigenvalue weighted by atomic mass is 19.1. The third-order valence-electron chi connectivity index (χ3n) is 3.20. The number of anilines is 1. The van der Waals surface area contributed by atoms with Gasteiger partial charge in [-0.05, 0) is 37.1 Å². The highest BCUT2D eigenvalue weighted by Crippen LogP contribution is 2.21. The first-order valence-corrected chi connectivity index (χ1v) is 6.41. The van der Waals surface area contributed by atoms with Crippen molar-refractivity contribution < 1.29 is 13.9 Å². The molecule has 0 amide bonds. The summed E-state index contributed by atoms with van der Waals surface area (Å²) in [6.45, 7) is 4.08. The quantitative estimate of drug-likeness (QED) is 0.892. The Morgan fingerprint density at radius 2 is 1.85 bits per heavy atom. The van der Waals surface area contributed by atoms with Gasteiger partial charge in [0.1, 0.15) is 11.6 Å². The molecule has 1 atom stereocenters. The molecule has 0 saturated carbocycles. The number of rotatable bonds is 4. The lowest BCUT2D eigenvalue weighted by Gasteiger charge is -2.15. The zero-order valence-electron chi connectivity index (χ0n) is 11.5. The van der Waals surface area contributed by atoms with Crippen molar-refractivity contribution in [1.29, 1.82) is 0 Å². The predicted octanol–water partition coefficient (Wildman–Crippen LogP) is 3.73. The zero-order valence-corrected chi connectivity index (χ0v) is 11.5. The minimum atomic E-state index is -1.03. The number of aliphatic hydroxyl groups excluding tert-OH is 1. The molecule has 2 nitrogen and oxygen atoms in total. The van der Waals surface area contributed by atoms with Gasteiger partial charge in [-0.25, -0.2) is 8.78 Å². The van der Waals surface area contributed by atoms with Crippen molar-refractivity contribution in [3.63, 3.8) is 0 Å². The molecule has 2 aromatic carbocycles. The molecule has 0 radical (unpaired) electrons. The molecule has 4 heteroatoms.